The summed E-state index contributed by atoms with van der Waals surface area (Å²) in [4.78, 5) is 43.3. The van der Waals surface area contributed by atoms with Gasteiger partial charge in [-0.2, -0.15) is 0 Å². The maximum absolute atomic E-state index is 13.2. The molecule has 2 aromatic carbocycles. The van der Waals surface area contributed by atoms with Crippen LogP contribution in [0.25, 0.3) is 5.76 Å². The van der Waals surface area contributed by atoms with Gasteiger partial charge in [-0.15, -0.1) is 0 Å². The molecule has 10 heteroatoms. The number of pyridine rings is 1. The molecule has 1 aliphatic heterocycles. The van der Waals surface area contributed by atoms with Crippen LogP contribution < -0.4 is 15.0 Å². The molecule has 4 rings (SSSR count). The Hall–Kier alpha value is -3.88. The summed E-state index contributed by atoms with van der Waals surface area (Å²) < 4.78 is 5.15. The highest BCUT2D eigenvalue weighted by molar-refractivity contribution is 6.51. The second-order valence-corrected chi connectivity index (χ2v) is 8.44. The number of hydrogen-bond acceptors (Lipinski definition) is 6. The van der Waals surface area contributed by atoms with Gasteiger partial charge in [-0.05, 0) is 48.5 Å². The molecular formula is C25H19Cl2N3O5. The first-order chi connectivity index (χ1) is 16.7. The average molecular weight is 512 g/mol. The molecule has 0 aliphatic carbocycles. The molecular weight excluding hydrogens is 493 g/mol. The second kappa shape index (κ2) is 9.77. The number of aliphatic hydroxyl groups is 1. The van der Waals surface area contributed by atoms with Crippen LogP contribution in [-0.4, -0.2) is 34.8 Å². The molecule has 1 atom stereocenters. The Labute approximate surface area is 210 Å². The summed E-state index contributed by atoms with van der Waals surface area (Å²) in [5.41, 5.74) is 1.24. The number of carbonyl (C=O) groups is 3. The van der Waals surface area contributed by atoms with Crippen LogP contribution in [0.2, 0.25) is 10.0 Å². The number of rotatable bonds is 5. The van der Waals surface area contributed by atoms with E-state index in [0.717, 1.165) is 0 Å². The lowest BCUT2D eigenvalue weighted by molar-refractivity contribution is -0.132. The van der Waals surface area contributed by atoms with E-state index in [1.165, 1.54) is 37.3 Å². The van der Waals surface area contributed by atoms with E-state index in [0.29, 0.717) is 17.1 Å². The van der Waals surface area contributed by atoms with Crippen molar-refractivity contribution < 1.29 is 24.2 Å². The number of amides is 2. The van der Waals surface area contributed by atoms with E-state index in [4.69, 9.17) is 27.9 Å². The number of benzene rings is 2. The Morgan fingerprint density at radius 2 is 1.74 bits per heavy atom. The van der Waals surface area contributed by atoms with E-state index < -0.39 is 23.5 Å². The fourth-order valence-corrected chi connectivity index (χ4v) is 4.51. The fraction of sp³-hybridized carbons (Fsp3) is 0.120. The molecule has 1 aromatic heterocycles. The lowest BCUT2D eigenvalue weighted by atomic mass is 9.98. The number of carbonyl (C=O) groups excluding carboxylic acids is 3. The van der Waals surface area contributed by atoms with Crippen LogP contribution in [0.5, 0.6) is 5.75 Å². The van der Waals surface area contributed by atoms with Gasteiger partial charge in [-0.1, -0.05) is 29.3 Å². The number of ketones is 1. The molecule has 0 radical (unpaired) electrons. The summed E-state index contributed by atoms with van der Waals surface area (Å²) in [6.45, 7) is 1.38. The van der Waals surface area contributed by atoms with Crippen LogP contribution >= 0.6 is 23.2 Å². The first-order valence-corrected chi connectivity index (χ1v) is 11.1. The summed E-state index contributed by atoms with van der Waals surface area (Å²) in [5, 5.41) is 14.1. The maximum Gasteiger partial charge on any atom is 0.300 e. The zero-order chi connectivity index (χ0) is 25.3. The molecule has 2 amide bonds. The van der Waals surface area contributed by atoms with Gasteiger partial charge in [-0.3, -0.25) is 24.3 Å². The van der Waals surface area contributed by atoms with Crippen molar-refractivity contribution in [1.82, 2.24) is 4.98 Å². The van der Waals surface area contributed by atoms with Crippen molar-refractivity contribution in [2.24, 2.45) is 0 Å². The molecule has 178 valence electrons. The number of halogens is 2. The van der Waals surface area contributed by atoms with Crippen molar-refractivity contribution in [2.75, 3.05) is 17.3 Å². The number of aromatic nitrogens is 1. The lowest BCUT2D eigenvalue weighted by Crippen LogP contribution is -2.29. The molecule has 2 N–H and O–H groups in total. The normalized spacial score (nSPS) is 16.9. The van der Waals surface area contributed by atoms with Gasteiger partial charge in [0, 0.05) is 30.1 Å². The van der Waals surface area contributed by atoms with Crippen molar-refractivity contribution in [3.8, 4) is 5.75 Å². The van der Waals surface area contributed by atoms with Crippen LogP contribution in [0.1, 0.15) is 24.2 Å². The second-order valence-electron chi connectivity index (χ2n) is 7.62. The van der Waals surface area contributed by atoms with E-state index in [1.807, 2.05) is 0 Å². The van der Waals surface area contributed by atoms with Crippen molar-refractivity contribution in [1.29, 1.82) is 0 Å². The number of nitrogens with zero attached hydrogens (tertiary/aromatic N) is 2. The molecule has 0 spiro atoms. The van der Waals surface area contributed by atoms with Gasteiger partial charge in [0.05, 0.1) is 28.4 Å². The van der Waals surface area contributed by atoms with Gasteiger partial charge in [0.15, 0.2) is 5.75 Å². The zero-order valence-electron chi connectivity index (χ0n) is 18.6. The summed E-state index contributed by atoms with van der Waals surface area (Å²) >= 11 is 12.5. The minimum atomic E-state index is -1.03. The lowest BCUT2D eigenvalue weighted by Gasteiger charge is -2.24. The van der Waals surface area contributed by atoms with Crippen LogP contribution in [0.15, 0.2) is 66.4 Å². The molecule has 3 aromatic rings. The van der Waals surface area contributed by atoms with Gasteiger partial charge in [-0.25, -0.2) is 0 Å². The maximum atomic E-state index is 13.2. The first-order valence-electron chi connectivity index (χ1n) is 10.4. The molecule has 1 aliphatic rings. The van der Waals surface area contributed by atoms with Crippen molar-refractivity contribution in [3.63, 3.8) is 0 Å². The monoisotopic (exact) mass is 511 g/mol. The number of aliphatic hydroxyl groups excluding tert-OH is 1. The summed E-state index contributed by atoms with van der Waals surface area (Å²) in [6.07, 6.45) is 1.52. The molecule has 35 heavy (non-hydrogen) atoms. The number of hydrogen-bond donors (Lipinski definition) is 2. The molecule has 1 saturated heterocycles. The van der Waals surface area contributed by atoms with Crippen LogP contribution in [-0.2, 0) is 14.4 Å². The first kappa shape index (κ1) is 24.3. The quantitative estimate of drug-likeness (QED) is 0.284. The highest BCUT2D eigenvalue weighted by Crippen LogP contribution is 2.43. The smallest absolute Gasteiger partial charge is 0.300 e. The van der Waals surface area contributed by atoms with Crippen molar-refractivity contribution in [2.45, 2.75) is 13.0 Å². The summed E-state index contributed by atoms with van der Waals surface area (Å²) in [6, 6.07) is 13.2. The standard InChI is InChI=1S/C25H19Cl2N3O5/c1-13(31)29-15-6-8-16(9-7-15)30-21(19-5-3-4-10-28-19)20(23(33)25(30)34)22(32)14-11-17(26)24(35-2)18(27)12-14/h3-12,21,32H,1-2H3,(H,29,31)/b22-20+. The molecule has 0 saturated carbocycles. The van der Waals surface area contributed by atoms with Gasteiger partial charge in [0.25, 0.3) is 11.7 Å². The number of methoxy groups -OCH3 is 1. The van der Waals surface area contributed by atoms with E-state index in [2.05, 4.69) is 10.3 Å². The third-order valence-electron chi connectivity index (χ3n) is 5.35. The summed E-state index contributed by atoms with van der Waals surface area (Å²) in [5.74, 6) is -2.23. The van der Waals surface area contributed by atoms with Crippen molar-refractivity contribution >= 4 is 57.9 Å². The van der Waals surface area contributed by atoms with E-state index in [9.17, 15) is 19.5 Å². The Bertz CT molecular complexity index is 1330. The average Bonchev–Trinajstić information content (AvgIpc) is 3.09. The SMILES string of the molecule is COc1c(Cl)cc(/C(O)=C2\C(=O)C(=O)N(c3ccc(NC(C)=O)cc3)C2c2ccccn2)cc1Cl. The Morgan fingerprint density at radius 1 is 1.09 bits per heavy atom. The number of Topliss-reactive ketones (excluding diaryl/α,β-unsaturated/α-hetero) is 1. The van der Waals surface area contributed by atoms with Gasteiger partial charge in [0.2, 0.25) is 5.91 Å². The molecule has 1 unspecified atom stereocenters. The zero-order valence-corrected chi connectivity index (χ0v) is 20.1. The highest BCUT2D eigenvalue weighted by atomic mass is 35.5. The third-order valence-corrected chi connectivity index (χ3v) is 5.92. The minimum absolute atomic E-state index is 0.124. The number of nitrogens with one attached hydrogen (secondary N) is 1. The minimum Gasteiger partial charge on any atom is -0.507 e. The third kappa shape index (κ3) is 4.58. The largest absolute Gasteiger partial charge is 0.507 e. The van der Waals surface area contributed by atoms with E-state index >= 15 is 0 Å². The predicted molar refractivity (Wildman–Crippen MR) is 133 cm³/mol. The Morgan fingerprint density at radius 3 is 2.29 bits per heavy atom. The Kier molecular flexibility index (Phi) is 6.77. The topological polar surface area (TPSA) is 109 Å². The molecule has 8 nitrogen and oxygen atoms in total. The predicted octanol–water partition coefficient (Wildman–Crippen LogP) is 4.98. The molecule has 2 heterocycles. The highest BCUT2D eigenvalue weighted by Gasteiger charge is 2.47. The van der Waals surface area contributed by atoms with E-state index in [1.54, 1.807) is 42.5 Å². The molecule has 1 fully saturated rings. The Balaban J connectivity index is 1.88. The van der Waals surface area contributed by atoms with Gasteiger partial charge in [0.1, 0.15) is 11.8 Å². The molecule has 0 bridgehead atoms. The van der Waals surface area contributed by atoms with Gasteiger partial charge >= 0.3 is 0 Å². The van der Waals surface area contributed by atoms with Gasteiger partial charge < -0.3 is 15.2 Å². The van der Waals surface area contributed by atoms with Crippen molar-refractivity contribution in [3.05, 3.63) is 87.7 Å². The summed E-state index contributed by atoms with van der Waals surface area (Å²) in [7, 11) is 1.40. The van der Waals surface area contributed by atoms with Crippen LogP contribution in [0, 0.1) is 0 Å². The number of anilines is 2. The van der Waals surface area contributed by atoms with Crippen LogP contribution in [0.3, 0.4) is 0 Å². The van der Waals surface area contributed by atoms with Crippen LogP contribution in [0.4, 0.5) is 11.4 Å². The van der Waals surface area contributed by atoms with E-state index in [-0.39, 0.29) is 32.8 Å². The number of ether oxygens (including phenoxy) is 1. The fourth-order valence-electron chi connectivity index (χ4n) is 3.87.